The molecule has 0 bridgehead atoms. The van der Waals surface area contributed by atoms with Crippen molar-refractivity contribution in [1.82, 2.24) is 0 Å². The van der Waals surface area contributed by atoms with Gasteiger partial charge in [-0.25, -0.2) is 0 Å². The van der Waals surface area contributed by atoms with Crippen LogP contribution in [0.25, 0.3) is 10.1 Å². The van der Waals surface area contributed by atoms with Gasteiger partial charge in [-0.1, -0.05) is 12.1 Å². The second-order valence-electron chi connectivity index (χ2n) is 5.01. The number of hydrogen-bond donors (Lipinski definition) is 1. The number of rotatable bonds is 5. The quantitative estimate of drug-likeness (QED) is 0.767. The summed E-state index contributed by atoms with van der Waals surface area (Å²) < 4.78 is 11.7. The Kier molecular flexibility index (Phi) is 4.48. The van der Waals surface area contributed by atoms with Crippen molar-refractivity contribution in [2.45, 2.75) is 6.42 Å². The van der Waals surface area contributed by atoms with E-state index in [4.69, 9.17) is 9.47 Å². The minimum atomic E-state index is -0.0694. The zero-order chi connectivity index (χ0) is 16.2. The number of amides is 1. The summed E-state index contributed by atoms with van der Waals surface area (Å²) in [6, 6.07) is 15.3. The highest BCUT2D eigenvalue weighted by Crippen LogP contribution is 2.37. The van der Waals surface area contributed by atoms with Crippen molar-refractivity contribution in [1.29, 1.82) is 0 Å². The minimum Gasteiger partial charge on any atom is -0.497 e. The zero-order valence-electron chi connectivity index (χ0n) is 13.0. The highest BCUT2D eigenvalue weighted by atomic mass is 32.1. The summed E-state index contributed by atoms with van der Waals surface area (Å²) in [5.41, 5.74) is 0.746. The van der Waals surface area contributed by atoms with Gasteiger partial charge in [-0.2, -0.15) is 0 Å². The van der Waals surface area contributed by atoms with Gasteiger partial charge < -0.3 is 14.8 Å². The number of carbonyl (C=O) groups is 1. The molecule has 1 heterocycles. The number of carbonyl (C=O) groups excluding carboxylic acids is 1. The van der Waals surface area contributed by atoms with Gasteiger partial charge >= 0.3 is 0 Å². The van der Waals surface area contributed by atoms with Crippen LogP contribution in [0.15, 0.2) is 48.5 Å². The van der Waals surface area contributed by atoms with Crippen molar-refractivity contribution < 1.29 is 14.3 Å². The van der Waals surface area contributed by atoms with Gasteiger partial charge in [-0.3, -0.25) is 4.79 Å². The maximum atomic E-state index is 12.3. The highest BCUT2D eigenvalue weighted by molar-refractivity contribution is 7.19. The first kappa shape index (κ1) is 15.4. The van der Waals surface area contributed by atoms with Crippen molar-refractivity contribution in [3.63, 3.8) is 0 Å². The molecule has 0 radical (unpaired) electrons. The van der Waals surface area contributed by atoms with E-state index in [1.54, 1.807) is 25.6 Å². The lowest BCUT2D eigenvalue weighted by atomic mass is 10.2. The molecule has 0 atom stereocenters. The molecule has 0 saturated heterocycles. The molecule has 0 aliphatic heterocycles. The van der Waals surface area contributed by atoms with Crippen LogP contribution in [0.4, 0.5) is 5.69 Å². The number of methoxy groups -OCH3 is 2. The van der Waals surface area contributed by atoms with Gasteiger partial charge in [0.2, 0.25) is 5.91 Å². The largest absolute Gasteiger partial charge is 0.497 e. The molecule has 0 fully saturated rings. The fraction of sp³-hybridized carbons (Fsp3) is 0.167. The summed E-state index contributed by atoms with van der Waals surface area (Å²) in [6.45, 7) is 0. The van der Waals surface area contributed by atoms with E-state index in [1.807, 2.05) is 48.5 Å². The maximum absolute atomic E-state index is 12.3. The molecular formula is C18H17NO3S. The summed E-state index contributed by atoms with van der Waals surface area (Å²) in [5, 5.41) is 3.94. The Bertz CT molecular complexity index is 824. The lowest BCUT2D eigenvalue weighted by molar-refractivity contribution is -0.115. The van der Waals surface area contributed by atoms with Crippen molar-refractivity contribution in [3.8, 4) is 11.5 Å². The monoisotopic (exact) mass is 327 g/mol. The number of fused-ring (bicyclic) bond motifs is 1. The molecule has 0 aliphatic carbocycles. The molecule has 5 heteroatoms. The number of nitrogens with one attached hydrogen (secondary N) is 1. The van der Waals surface area contributed by atoms with Crippen LogP contribution in [0, 0.1) is 0 Å². The van der Waals surface area contributed by atoms with Gasteiger partial charge in [0, 0.05) is 15.8 Å². The van der Waals surface area contributed by atoms with E-state index >= 15 is 0 Å². The summed E-state index contributed by atoms with van der Waals surface area (Å²) >= 11 is 1.59. The van der Waals surface area contributed by atoms with Crippen LogP contribution in [0.2, 0.25) is 0 Å². The molecule has 0 unspecified atom stereocenters. The Labute approximate surface area is 138 Å². The smallest absolute Gasteiger partial charge is 0.229 e. The summed E-state index contributed by atoms with van der Waals surface area (Å²) in [7, 11) is 3.25. The van der Waals surface area contributed by atoms with Crippen molar-refractivity contribution >= 4 is 33.0 Å². The van der Waals surface area contributed by atoms with Crippen LogP contribution >= 0.6 is 11.3 Å². The lowest BCUT2D eigenvalue weighted by Crippen LogP contribution is -2.14. The Morgan fingerprint density at radius 2 is 1.78 bits per heavy atom. The SMILES string of the molecule is COc1ccc(NC(=O)Cc2sc3ccccc3c2OC)cc1. The number of ether oxygens (including phenoxy) is 2. The van der Waals surface area contributed by atoms with E-state index < -0.39 is 0 Å². The van der Waals surface area contributed by atoms with Gasteiger partial charge in [0.25, 0.3) is 0 Å². The molecule has 4 nitrogen and oxygen atoms in total. The number of benzene rings is 2. The molecule has 1 amide bonds. The van der Waals surface area contributed by atoms with Gasteiger partial charge in [0.15, 0.2) is 0 Å². The molecule has 2 aromatic carbocycles. The number of thiophene rings is 1. The number of anilines is 1. The van der Waals surface area contributed by atoms with Crippen LogP contribution in [-0.2, 0) is 11.2 Å². The molecule has 3 rings (SSSR count). The van der Waals surface area contributed by atoms with E-state index in [1.165, 1.54) is 0 Å². The molecule has 0 aliphatic rings. The fourth-order valence-electron chi connectivity index (χ4n) is 2.44. The zero-order valence-corrected chi connectivity index (χ0v) is 13.8. The van der Waals surface area contributed by atoms with Gasteiger partial charge in [0.1, 0.15) is 11.5 Å². The molecule has 0 saturated carbocycles. The third-order valence-electron chi connectivity index (χ3n) is 3.52. The van der Waals surface area contributed by atoms with E-state index in [2.05, 4.69) is 5.32 Å². The van der Waals surface area contributed by atoms with E-state index in [0.717, 1.165) is 32.1 Å². The lowest BCUT2D eigenvalue weighted by Gasteiger charge is -2.07. The Morgan fingerprint density at radius 3 is 2.48 bits per heavy atom. The highest BCUT2D eigenvalue weighted by Gasteiger charge is 2.15. The molecular weight excluding hydrogens is 310 g/mol. The summed E-state index contributed by atoms with van der Waals surface area (Å²) in [6.07, 6.45) is 0.286. The molecule has 0 spiro atoms. The van der Waals surface area contributed by atoms with Crippen LogP contribution in [0.5, 0.6) is 11.5 Å². The molecule has 3 aromatic rings. The molecule has 1 N–H and O–H groups in total. The predicted octanol–water partition coefficient (Wildman–Crippen LogP) is 4.10. The van der Waals surface area contributed by atoms with Gasteiger partial charge in [-0.05, 0) is 36.4 Å². The first-order valence-corrected chi connectivity index (χ1v) is 8.01. The Hall–Kier alpha value is -2.53. The first-order chi connectivity index (χ1) is 11.2. The van der Waals surface area contributed by atoms with Gasteiger partial charge in [-0.15, -0.1) is 11.3 Å². The maximum Gasteiger partial charge on any atom is 0.229 e. The first-order valence-electron chi connectivity index (χ1n) is 7.19. The number of hydrogen-bond acceptors (Lipinski definition) is 4. The molecule has 23 heavy (non-hydrogen) atoms. The van der Waals surface area contributed by atoms with E-state index in [0.29, 0.717) is 0 Å². The van der Waals surface area contributed by atoms with Gasteiger partial charge in [0.05, 0.1) is 25.5 Å². The van der Waals surface area contributed by atoms with Crippen molar-refractivity contribution in [2.24, 2.45) is 0 Å². The van der Waals surface area contributed by atoms with Crippen molar-refractivity contribution in [2.75, 3.05) is 19.5 Å². The average Bonchev–Trinajstić information content (AvgIpc) is 2.92. The summed E-state index contributed by atoms with van der Waals surface area (Å²) in [4.78, 5) is 13.2. The predicted molar refractivity (Wildman–Crippen MR) is 93.7 cm³/mol. The second kappa shape index (κ2) is 6.71. The Morgan fingerprint density at radius 1 is 1.04 bits per heavy atom. The third-order valence-corrected chi connectivity index (χ3v) is 4.67. The van der Waals surface area contributed by atoms with E-state index in [-0.39, 0.29) is 12.3 Å². The standard InChI is InChI=1S/C18H17NO3S/c1-21-13-9-7-12(8-10-13)19-17(20)11-16-18(22-2)14-5-3-4-6-15(14)23-16/h3-10H,11H2,1-2H3,(H,19,20). The third kappa shape index (κ3) is 3.29. The average molecular weight is 327 g/mol. The fourth-order valence-corrected chi connectivity index (χ4v) is 3.61. The normalized spacial score (nSPS) is 10.5. The van der Waals surface area contributed by atoms with Crippen LogP contribution < -0.4 is 14.8 Å². The Balaban J connectivity index is 1.77. The minimum absolute atomic E-state index is 0.0694. The van der Waals surface area contributed by atoms with Crippen LogP contribution in [0.3, 0.4) is 0 Å². The van der Waals surface area contributed by atoms with Crippen LogP contribution in [0.1, 0.15) is 4.88 Å². The van der Waals surface area contributed by atoms with Crippen LogP contribution in [-0.4, -0.2) is 20.1 Å². The van der Waals surface area contributed by atoms with Crippen molar-refractivity contribution in [3.05, 3.63) is 53.4 Å². The molecule has 118 valence electrons. The van der Waals surface area contributed by atoms with E-state index in [9.17, 15) is 4.79 Å². The topological polar surface area (TPSA) is 47.6 Å². The molecule has 1 aromatic heterocycles. The summed E-state index contributed by atoms with van der Waals surface area (Å²) in [5.74, 6) is 1.48. The second-order valence-corrected chi connectivity index (χ2v) is 6.14.